The molecular formula is C24H28ClN3O5. The Morgan fingerprint density at radius 3 is 2.64 bits per heavy atom. The molecule has 1 aliphatic carbocycles. The molecule has 2 amide bonds. The first-order valence-electron chi connectivity index (χ1n) is 10.6. The number of allylic oxidation sites excluding steroid dienone is 3. The first-order chi connectivity index (χ1) is 16.0. The average molecular weight is 474 g/mol. The average Bonchev–Trinajstić information content (AvgIpc) is 2.82. The maximum atomic E-state index is 13.3. The summed E-state index contributed by atoms with van der Waals surface area (Å²) in [4.78, 5) is 31.0. The highest BCUT2D eigenvalue weighted by Crippen LogP contribution is 2.32. The van der Waals surface area contributed by atoms with Crippen molar-refractivity contribution in [2.75, 3.05) is 40.6 Å². The van der Waals surface area contributed by atoms with Crippen LogP contribution in [0.2, 0.25) is 0 Å². The van der Waals surface area contributed by atoms with Gasteiger partial charge in [0.15, 0.2) is 5.78 Å². The molecule has 33 heavy (non-hydrogen) atoms. The van der Waals surface area contributed by atoms with Crippen LogP contribution >= 0.6 is 11.6 Å². The lowest BCUT2D eigenvalue weighted by Crippen LogP contribution is -2.43. The smallest absolute Gasteiger partial charge is 0.322 e. The van der Waals surface area contributed by atoms with Gasteiger partial charge in [-0.15, -0.1) is 11.6 Å². The Morgan fingerprint density at radius 1 is 1.18 bits per heavy atom. The second-order valence-corrected chi connectivity index (χ2v) is 7.90. The highest BCUT2D eigenvalue weighted by Gasteiger charge is 2.25. The number of benzene rings is 1. The van der Waals surface area contributed by atoms with Gasteiger partial charge < -0.3 is 24.4 Å². The first-order valence-corrected chi connectivity index (χ1v) is 11.0. The molecule has 1 aromatic heterocycles. The van der Waals surface area contributed by atoms with Crippen molar-refractivity contribution in [3.63, 3.8) is 0 Å². The summed E-state index contributed by atoms with van der Waals surface area (Å²) < 4.78 is 16.0. The van der Waals surface area contributed by atoms with Crippen LogP contribution in [0, 0.1) is 0 Å². The van der Waals surface area contributed by atoms with Crippen LogP contribution in [0.25, 0.3) is 10.8 Å². The Kier molecular flexibility index (Phi) is 8.82. The Bertz CT molecular complexity index is 1060. The highest BCUT2D eigenvalue weighted by atomic mass is 35.5. The number of carbonyl (C=O) groups is 2. The minimum Gasteiger partial charge on any atom is -0.481 e. The first kappa shape index (κ1) is 24.7. The van der Waals surface area contributed by atoms with Gasteiger partial charge in [0.1, 0.15) is 5.38 Å². The van der Waals surface area contributed by atoms with Gasteiger partial charge in [0, 0.05) is 36.5 Å². The van der Waals surface area contributed by atoms with Crippen molar-refractivity contribution in [1.82, 2.24) is 15.2 Å². The van der Waals surface area contributed by atoms with E-state index in [0.717, 1.165) is 16.3 Å². The van der Waals surface area contributed by atoms with Crippen LogP contribution in [0.15, 0.2) is 54.4 Å². The molecule has 176 valence electrons. The molecule has 0 spiro atoms. The molecule has 2 atom stereocenters. The van der Waals surface area contributed by atoms with Crippen molar-refractivity contribution in [1.29, 1.82) is 0 Å². The van der Waals surface area contributed by atoms with Crippen molar-refractivity contribution in [3.8, 4) is 5.88 Å². The van der Waals surface area contributed by atoms with E-state index < -0.39 is 5.38 Å². The second kappa shape index (κ2) is 11.8. The molecule has 1 aromatic carbocycles. The minimum atomic E-state index is -0.803. The lowest BCUT2D eigenvalue weighted by molar-refractivity contribution is -0.113. The van der Waals surface area contributed by atoms with Crippen molar-refractivity contribution in [2.24, 2.45) is 0 Å². The summed E-state index contributed by atoms with van der Waals surface area (Å²) in [6.07, 6.45) is 6.15. The summed E-state index contributed by atoms with van der Waals surface area (Å²) in [5.41, 5.74) is 1.34. The molecule has 1 aliphatic rings. The zero-order chi connectivity index (χ0) is 23.8. The standard InChI is InChI=1S/C24H28ClN3O5/c1-16(20-15-26-23(32-3)19-7-5-4-6-18(19)20)28(10-11-33-13-12-31-2)24(30)27-17-8-9-22(29)21(25)14-17/h4-9,14-16,21H,10-13H2,1-3H3,(H,27,30). The lowest BCUT2D eigenvalue weighted by atomic mass is 10.0. The fraction of sp³-hybridized carbons (Fsp3) is 0.375. The van der Waals surface area contributed by atoms with Crippen molar-refractivity contribution in [2.45, 2.75) is 18.3 Å². The molecule has 0 bridgehead atoms. The molecule has 2 unspecified atom stereocenters. The van der Waals surface area contributed by atoms with Crippen molar-refractivity contribution in [3.05, 3.63) is 60.0 Å². The number of aromatic nitrogens is 1. The van der Waals surface area contributed by atoms with E-state index in [4.69, 9.17) is 25.8 Å². The van der Waals surface area contributed by atoms with Crippen molar-refractivity contribution < 1.29 is 23.8 Å². The van der Waals surface area contributed by atoms with E-state index in [1.165, 1.54) is 12.2 Å². The molecule has 0 saturated carbocycles. The molecule has 0 radical (unpaired) electrons. The summed E-state index contributed by atoms with van der Waals surface area (Å²) in [6.45, 7) is 3.49. The number of methoxy groups -OCH3 is 2. The quantitative estimate of drug-likeness (QED) is 0.419. The number of amides is 2. The van der Waals surface area contributed by atoms with Crippen LogP contribution in [0.1, 0.15) is 18.5 Å². The van der Waals surface area contributed by atoms with E-state index >= 15 is 0 Å². The zero-order valence-electron chi connectivity index (χ0n) is 18.9. The second-order valence-electron chi connectivity index (χ2n) is 7.43. The molecule has 8 nitrogen and oxygen atoms in total. The fourth-order valence-corrected chi connectivity index (χ4v) is 3.78. The summed E-state index contributed by atoms with van der Waals surface area (Å²) in [6, 6.07) is 7.09. The topological polar surface area (TPSA) is 90.0 Å². The summed E-state index contributed by atoms with van der Waals surface area (Å²) >= 11 is 6.02. The Balaban J connectivity index is 1.86. The molecular weight excluding hydrogens is 446 g/mol. The number of hydrogen-bond acceptors (Lipinski definition) is 6. The Hall–Kier alpha value is -2.94. The molecule has 2 aromatic rings. The molecule has 0 fully saturated rings. The number of nitrogens with zero attached hydrogens (tertiary/aromatic N) is 2. The molecule has 3 rings (SSSR count). The molecule has 9 heteroatoms. The number of fused-ring (bicyclic) bond motifs is 1. The van der Waals surface area contributed by atoms with Crippen LogP contribution in [0.4, 0.5) is 4.79 Å². The van der Waals surface area contributed by atoms with E-state index in [1.807, 2.05) is 31.2 Å². The van der Waals surface area contributed by atoms with E-state index in [0.29, 0.717) is 37.9 Å². The van der Waals surface area contributed by atoms with Crippen LogP contribution in [-0.4, -0.2) is 67.7 Å². The molecule has 1 heterocycles. The predicted molar refractivity (Wildman–Crippen MR) is 127 cm³/mol. The third-order valence-electron chi connectivity index (χ3n) is 5.35. The van der Waals surface area contributed by atoms with Crippen LogP contribution in [0.3, 0.4) is 0 Å². The summed E-state index contributed by atoms with van der Waals surface area (Å²) in [5, 5.41) is 3.85. The van der Waals surface area contributed by atoms with Crippen LogP contribution in [-0.2, 0) is 14.3 Å². The van der Waals surface area contributed by atoms with Gasteiger partial charge in [-0.2, -0.15) is 0 Å². The van der Waals surface area contributed by atoms with E-state index in [-0.39, 0.29) is 17.9 Å². The third-order valence-corrected chi connectivity index (χ3v) is 5.69. The van der Waals surface area contributed by atoms with Gasteiger partial charge in [0.05, 0.1) is 33.0 Å². The number of rotatable bonds is 10. The number of halogens is 1. The van der Waals surface area contributed by atoms with Gasteiger partial charge in [0.25, 0.3) is 0 Å². The summed E-state index contributed by atoms with van der Waals surface area (Å²) in [7, 11) is 3.18. The number of alkyl halides is 1. The zero-order valence-corrected chi connectivity index (χ0v) is 19.7. The molecule has 1 N–H and O–H groups in total. The predicted octanol–water partition coefficient (Wildman–Crippen LogP) is 3.61. The van der Waals surface area contributed by atoms with Gasteiger partial charge in [0.2, 0.25) is 5.88 Å². The number of carbonyl (C=O) groups excluding carboxylic acids is 2. The largest absolute Gasteiger partial charge is 0.481 e. The minimum absolute atomic E-state index is 0.220. The van der Waals surface area contributed by atoms with E-state index in [9.17, 15) is 9.59 Å². The van der Waals surface area contributed by atoms with Gasteiger partial charge in [-0.25, -0.2) is 9.78 Å². The molecule has 0 aliphatic heterocycles. The summed E-state index contributed by atoms with van der Waals surface area (Å²) in [5.74, 6) is 0.304. The van der Waals surface area contributed by atoms with Gasteiger partial charge in [-0.05, 0) is 36.6 Å². The van der Waals surface area contributed by atoms with E-state index in [2.05, 4.69) is 10.3 Å². The van der Waals surface area contributed by atoms with Gasteiger partial charge in [-0.1, -0.05) is 18.2 Å². The number of pyridine rings is 1. The van der Waals surface area contributed by atoms with Crippen LogP contribution in [0.5, 0.6) is 5.88 Å². The number of hydrogen-bond donors (Lipinski definition) is 1. The normalized spacial score (nSPS) is 16.4. The van der Waals surface area contributed by atoms with Crippen LogP contribution < -0.4 is 10.1 Å². The number of urea groups is 1. The maximum Gasteiger partial charge on any atom is 0.322 e. The van der Waals surface area contributed by atoms with E-state index in [1.54, 1.807) is 31.4 Å². The van der Waals surface area contributed by atoms with Gasteiger partial charge in [-0.3, -0.25) is 4.79 Å². The monoisotopic (exact) mass is 473 g/mol. The lowest BCUT2D eigenvalue weighted by Gasteiger charge is -2.31. The number of ether oxygens (including phenoxy) is 3. The van der Waals surface area contributed by atoms with Gasteiger partial charge >= 0.3 is 6.03 Å². The SMILES string of the molecule is COCCOCCN(C(=O)NC1=CC(Cl)C(=O)C=C1)C(C)c1cnc(OC)c2ccccc12. The maximum absolute atomic E-state index is 13.3. The number of nitrogens with one attached hydrogen (secondary N) is 1. The Morgan fingerprint density at radius 2 is 1.94 bits per heavy atom. The Labute approximate surface area is 198 Å². The fourth-order valence-electron chi connectivity index (χ4n) is 3.57. The highest BCUT2D eigenvalue weighted by molar-refractivity contribution is 6.34. The number of ketones is 1. The molecule has 0 saturated heterocycles. The third kappa shape index (κ3) is 6.10. The van der Waals surface area contributed by atoms with Crippen molar-refractivity contribution >= 4 is 34.2 Å².